The molecule has 0 aromatic heterocycles. The summed E-state index contributed by atoms with van der Waals surface area (Å²) >= 11 is 0. The predicted molar refractivity (Wildman–Crippen MR) is 138 cm³/mol. The monoisotopic (exact) mass is 553 g/mol. The third-order valence-electron chi connectivity index (χ3n) is 6.94. The van der Waals surface area contributed by atoms with Gasteiger partial charge in [0.1, 0.15) is 0 Å². The van der Waals surface area contributed by atoms with Gasteiger partial charge in [0.25, 0.3) is 0 Å². The van der Waals surface area contributed by atoms with Crippen molar-refractivity contribution < 1.29 is 31.2 Å². The van der Waals surface area contributed by atoms with Gasteiger partial charge < -0.3 is 10.6 Å². The van der Waals surface area contributed by atoms with Crippen LogP contribution in [0.1, 0.15) is 48.3 Å². The third-order valence-corrected chi connectivity index (χ3v) is 8.05. The SMILES string of the molecule is CS(=O)(=O)c1cccc(C2CCC(N3CC(NC(=O)CNC=O)C3)CC2)c1.Cc1cccc(C(F)(F)F)c1. The van der Waals surface area contributed by atoms with E-state index in [4.69, 9.17) is 0 Å². The first-order valence-corrected chi connectivity index (χ1v) is 14.4. The molecule has 2 N–H and O–H groups in total. The summed E-state index contributed by atoms with van der Waals surface area (Å²) < 4.78 is 59.4. The number of aryl methyl sites for hydroxylation is 1. The van der Waals surface area contributed by atoms with Crippen molar-refractivity contribution in [2.24, 2.45) is 0 Å². The van der Waals surface area contributed by atoms with Gasteiger partial charge in [-0.15, -0.1) is 0 Å². The third kappa shape index (κ3) is 8.56. The van der Waals surface area contributed by atoms with Crippen molar-refractivity contribution in [3.05, 3.63) is 65.2 Å². The Bertz CT molecular complexity index is 1210. The molecule has 4 rings (SSSR count). The summed E-state index contributed by atoms with van der Waals surface area (Å²) in [4.78, 5) is 24.6. The molecule has 2 aromatic rings. The summed E-state index contributed by atoms with van der Waals surface area (Å²) in [5.41, 5.74) is 1.16. The van der Waals surface area contributed by atoms with Crippen molar-refractivity contribution in [1.82, 2.24) is 15.5 Å². The number of sulfone groups is 1. The molecule has 11 heteroatoms. The largest absolute Gasteiger partial charge is 0.416 e. The number of nitrogens with one attached hydrogen (secondary N) is 2. The quantitative estimate of drug-likeness (QED) is 0.510. The summed E-state index contributed by atoms with van der Waals surface area (Å²) in [6.45, 7) is 3.37. The highest BCUT2D eigenvalue weighted by Gasteiger charge is 2.35. The number of hydrogen-bond acceptors (Lipinski definition) is 5. The summed E-state index contributed by atoms with van der Waals surface area (Å²) in [5, 5.41) is 5.28. The number of nitrogens with zero attached hydrogens (tertiary/aromatic N) is 1. The number of hydrogen-bond donors (Lipinski definition) is 2. The van der Waals surface area contributed by atoms with Gasteiger partial charge in [-0.25, -0.2) is 8.42 Å². The molecule has 0 bridgehead atoms. The van der Waals surface area contributed by atoms with Crippen LogP contribution < -0.4 is 10.6 Å². The van der Waals surface area contributed by atoms with Gasteiger partial charge in [-0.05, 0) is 62.3 Å². The lowest BCUT2D eigenvalue weighted by Crippen LogP contribution is -2.63. The van der Waals surface area contributed by atoms with Crippen LogP contribution in [0.2, 0.25) is 0 Å². The van der Waals surface area contributed by atoms with Gasteiger partial charge >= 0.3 is 6.18 Å². The van der Waals surface area contributed by atoms with E-state index in [-0.39, 0.29) is 18.5 Å². The van der Waals surface area contributed by atoms with Crippen LogP contribution in [0.25, 0.3) is 0 Å². The smallest absolute Gasteiger partial charge is 0.350 e. The van der Waals surface area contributed by atoms with Crippen LogP contribution in [0.4, 0.5) is 13.2 Å². The van der Waals surface area contributed by atoms with E-state index >= 15 is 0 Å². The fourth-order valence-electron chi connectivity index (χ4n) is 4.91. The second-order valence-corrected chi connectivity index (χ2v) is 12.0. The molecule has 0 spiro atoms. The zero-order valence-corrected chi connectivity index (χ0v) is 22.3. The van der Waals surface area contributed by atoms with Gasteiger partial charge in [-0.2, -0.15) is 13.2 Å². The van der Waals surface area contributed by atoms with Crippen LogP contribution in [0.15, 0.2) is 53.4 Å². The Hall–Kier alpha value is -2.92. The van der Waals surface area contributed by atoms with E-state index in [2.05, 4.69) is 15.5 Å². The van der Waals surface area contributed by atoms with E-state index in [9.17, 15) is 31.2 Å². The second kappa shape index (κ2) is 12.8. The Morgan fingerprint density at radius 2 is 1.71 bits per heavy atom. The van der Waals surface area contributed by atoms with Crippen molar-refractivity contribution in [3.63, 3.8) is 0 Å². The molecule has 2 aliphatic rings. The summed E-state index contributed by atoms with van der Waals surface area (Å²) in [6.07, 6.45) is 1.82. The van der Waals surface area contributed by atoms with Crippen molar-refractivity contribution >= 4 is 22.2 Å². The number of alkyl halides is 3. The molecule has 2 aromatic carbocycles. The van der Waals surface area contributed by atoms with Gasteiger partial charge in [0.05, 0.1) is 23.0 Å². The molecule has 1 aliphatic carbocycles. The molecule has 7 nitrogen and oxygen atoms in total. The van der Waals surface area contributed by atoms with Gasteiger partial charge in [0, 0.05) is 25.4 Å². The molecule has 1 heterocycles. The first-order valence-electron chi connectivity index (χ1n) is 12.5. The van der Waals surface area contributed by atoms with Crippen LogP contribution in [0.5, 0.6) is 0 Å². The average molecular weight is 554 g/mol. The van der Waals surface area contributed by atoms with E-state index in [0.717, 1.165) is 56.5 Å². The topological polar surface area (TPSA) is 95.6 Å². The fraction of sp³-hybridized carbons (Fsp3) is 0.481. The molecule has 1 saturated carbocycles. The van der Waals surface area contributed by atoms with Gasteiger partial charge in [-0.1, -0.05) is 35.9 Å². The van der Waals surface area contributed by atoms with E-state index in [0.29, 0.717) is 28.8 Å². The van der Waals surface area contributed by atoms with Crippen molar-refractivity contribution in [3.8, 4) is 0 Å². The number of carbonyl (C=O) groups is 2. The summed E-state index contributed by atoms with van der Waals surface area (Å²) in [6, 6.07) is 13.3. The number of likely N-dealkylation sites (tertiary alicyclic amines) is 1. The van der Waals surface area contributed by atoms with E-state index in [1.807, 2.05) is 18.2 Å². The number of rotatable bonds is 7. The maximum Gasteiger partial charge on any atom is 0.416 e. The highest BCUT2D eigenvalue weighted by molar-refractivity contribution is 7.90. The Morgan fingerprint density at radius 3 is 2.26 bits per heavy atom. The van der Waals surface area contributed by atoms with Crippen LogP contribution in [-0.2, 0) is 25.6 Å². The van der Waals surface area contributed by atoms with Gasteiger partial charge in [0.15, 0.2) is 9.84 Å². The Morgan fingerprint density at radius 1 is 1.05 bits per heavy atom. The number of halogens is 3. The number of carbonyl (C=O) groups excluding carboxylic acids is 2. The molecular weight excluding hydrogens is 519 g/mol. The molecule has 0 radical (unpaired) electrons. The number of benzene rings is 2. The molecule has 0 unspecified atom stereocenters. The fourth-order valence-corrected chi connectivity index (χ4v) is 5.59. The predicted octanol–water partition coefficient (Wildman–Crippen LogP) is 3.68. The molecular formula is C27H34F3N3O4S. The first-order chi connectivity index (χ1) is 17.9. The van der Waals surface area contributed by atoms with Crippen molar-refractivity contribution in [2.45, 2.75) is 61.7 Å². The molecule has 38 heavy (non-hydrogen) atoms. The molecule has 208 valence electrons. The minimum absolute atomic E-state index is 0.0254. The summed E-state index contributed by atoms with van der Waals surface area (Å²) in [7, 11) is -3.17. The molecule has 1 aliphatic heterocycles. The van der Waals surface area contributed by atoms with Crippen LogP contribution in [0.3, 0.4) is 0 Å². The Balaban J connectivity index is 0.000000304. The van der Waals surface area contributed by atoms with E-state index < -0.39 is 21.6 Å². The maximum absolute atomic E-state index is 12.0. The summed E-state index contributed by atoms with van der Waals surface area (Å²) in [5.74, 6) is 0.260. The molecule has 0 atom stereocenters. The van der Waals surface area contributed by atoms with Crippen LogP contribution >= 0.6 is 0 Å². The molecule has 2 amide bonds. The zero-order valence-electron chi connectivity index (χ0n) is 21.5. The molecule has 1 saturated heterocycles. The Kier molecular flexibility index (Phi) is 9.94. The zero-order chi connectivity index (χ0) is 27.9. The number of amides is 2. The second-order valence-electron chi connectivity index (χ2n) is 9.93. The lowest BCUT2D eigenvalue weighted by molar-refractivity contribution is -0.137. The van der Waals surface area contributed by atoms with Crippen LogP contribution in [-0.4, -0.2) is 63.6 Å². The average Bonchev–Trinajstić information content (AvgIpc) is 2.84. The van der Waals surface area contributed by atoms with Crippen LogP contribution in [0, 0.1) is 6.92 Å². The van der Waals surface area contributed by atoms with E-state index in [1.165, 1.54) is 12.3 Å². The Labute approximate surface area is 221 Å². The lowest BCUT2D eigenvalue weighted by atomic mass is 9.80. The van der Waals surface area contributed by atoms with Gasteiger partial charge in [-0.3, -0.25) is 14.5 Å². The first kappa shape index (κ1) is 29.6. The van der Waals surface area contributed by atoms with Crippen molar-refractivity contribution in [1.29, 1.82) is 0 Å². The standard InChI is InChI=1S/C19H27N3O4S.C8H7F3/c1-27(25,26)18-4-2-3-15(9-18)14-5-7-17(8-6-14)22-11-16(12-22)21-19(24)10-20-13-23;1-6-3-2-4-7(5-6)8(9,10)11/h2-4,9,13-14,16-17H,5-8,10-12H2,1H3,(H,20,23)(H,21,24);2-5H,1H3. The minimum atomic E-state index is -4.22. The normalized spacial score (nSPS) is 20.4. The minimum Gasteiger partial charge on any atom is -0.350 e. The maximum atomic E-state index is 12.0. The molecule has 2 fully saturated rings. The lowest BCUT2D eigenvalue weighted by Gasteiger charge is -2.46. The van der Waals surface area contributed by atoms with E-state index in [1.54, 1.807) is 19.1 Å². The highest BCUT2D eigenvalue weighted by Crippen LogP contribution is 2.36. The van der Waals surface area contributed by atoms with Crippen molar-refractivity contribution in [2.75, 3.05) is 25.9 Å². The highest BCUT2D eigenvalue weighted by atomic mass is 32.2. The van der Waals surface area contributed by atoms with Gasteiger partial charge in [0.2, 0.25) is 12.3 Å².